The largest absolute Gasteiger partial charge is 0.378 e. The molecule has 3 heterocycles. The van der Waals surface area contributed by atoms with Gasteiger partial charge in [-0.25, -0.2) is 4.98 Å². The Morgan fingerprint density at radius 1 is 1.18 bits per heavy atom. The summed E-state index contributed by atoms with van der Waals surface area (Å²) < 4.78 is 0. The number of allylic oxidation sites excluding steroid dienone is 2. The van der Waals surface area contributed by atoms with E-state index in [-0.39, 0.29) is 23.7 Å². The van der Waals surface area contributed by atoms with Gasteiger partial charge < -0.3 is 10.6 Å². The fourth-order valence-corrected chi connectivity index (χ4v) is 3.37. The summed E-state index contributed by atoms with van der Waals surface area (Å²) in [6.45, 7) is 4.01. The van der Waals surface area contributed by atoms with Crippen molar-refractivity contribution >= 4 is 33.9 Å². The molecule has 0 spiro atoms. The van der Waals surface area contributed by atoms with Crippen LogP contribution in [0, 0.1) is 5.92 Å². The Morgan fingerprint density at radius 3 is 2.64 bits per heavy atom. The number of anilines is 1. The predicted molar refractivity (Wildman–Crippen MR) is 109 cm³/mol. The number of pyridine rings is 2. The highest BCUT2D eigenvalue weighted by Crippen LogP contribution is 2.31. The first-order valence-electron chi connectivity index (χ1n) is 9.80. The van der Waals surface area contributed by atoms with Crippen LogP contribution in [0.25, 0.3) is 16.3 Å². The molecule has 4 rings (SSSR count). The van der Waals surface area contributed by atoms with Crippen molar-refractivity contribution in [3.8, 4) is 0 Å². The highest BCUT2D eigenvalue weighted by molar-refractivity contribution is 5.96. The maximum Gasteiger partial charge on any atom is 0.228 e. The zero-order valence-corrected chi connectivity index (χ0v) is 16.2. The van der Waals surface area contributed by atoms with Crippen LogP contribution >= 0.6 is 0 Å². The molecule has 6 nitrogen and oxygen atoms in total. The molecule has 1 saturated carbocycles. The van der Waals surface area contributed by atoms with E-state index in [1.54, 1.807) is 12.4 Å². The van der Waals surface area contributed by atoms with Gasteiger partial charge in [0.15, 0.2) is 5.78 Å². The Morgan fingerprint density at radius 2 is 1.93 bits per heavy atom. The van der Waals surface area contributed by atoms with Gasteiger partial charge >= 0.3 is 0 Å². The molecule has 0 radical (unpaired) electrons. The first-order chi connectivity index (χ1) is 13.5. The van der Waals surface area contributed by atoms with Crippen LogP contribution in [0.2, 0.25) is 0 Å². The van der Waals surface area contributed by atoms with Crippen molar-refractivity contribution in [2.45, 2.75) is 45.6 Å². The third-order valence-corrected chi connectivity index (χ3v) is 5.17. The number of fused-ring (bicyclic) bond motifs is 1. The van der Waals surface area contributed by atoms with Gasteiger partial charge in [-0.15, -0.1) is 0 Å². The average molecular weight is 376 g/mol. The van der Waals surface area contributed by atoms with E-state index < -0.39 is 0 Å². The molecule has 1 unspecified atom stereocenters. The third-order valence-electron chi connectivity index (χ3n) is 5.17. The molecular formula is C22H24N4O2. The second-order valence-electron chi connectivity index (χ2n) is 7.52. The van der Waals surface area contributed by atoms with Gasteiger partial charge in [0.05, 0.1) is 5.69 Å². The lowest BCUT2D eigenvalue weighted by Crippen LogP contribution is -2.34. The quantitative estimate of drug-likeness (QED) is 0.805. The number of rotatable bonds is 6. The van der Waals surface area contributed by atoms with E-state index in [1.807, 2.05) is 38.3 Å². The van der Waals surface area contributed by atoms with E-state index in [1.165, 1.54) is 0 Å². The molecule has 2 aromatic heterocycles. The normalized spacial score (nSPS) is 18.9. The van der Waals surface area contributed by atoms with Crippen LogP contribution in [0.1, 0.15) is 45.2 Å². The summed E-state index contributed by atoms with van der Waals surface area (Å²) in [6.07, 6.45) is 10.7. The van der Waals surface area contributed by atoms with Crippen LogP contribution in [-0.2, 0) is 9.59 Å². The second kappa shape index (κ2) is 7.54. The first kappa shape index (κ1) is 18.3. The highest BCUT2D eigenvalue weighted by atomic mass is 16.2. The number of carbonyl (C=O) groups excluding carboxylic acids is 2. The first-order valence-corrected chi connectivity index (χ1v) is 9.80. The molecule has 2 aromatic rings. The van der Waals surface area contributed by atoms with Gasteiger partial charge in [-0.3, -0.25) is 14.6 Å². The van der Waals surface area contributed by atoms with Crippen LogP contribution in [-0.4, -0.2) is 27.7 Å². The number of aromatic nitrogens is 2. The smallest absolute Gasteiger partial charge is 0.228 e. The Kier molecular flexibility index (Phi) is 4.94. The van der Waals surface area contributed by atoms with Crippen LogP contribution in [0.5, 0.6) is 0 Å². The Labute approximate surface area is 164 Å². The predicted octanol–water partition coefficient (Wildman–Crippen LogP) is 3.61. The topological polar surface area (TPSA) is 84.0 Å². The molecule has 28 heavy (non-hydrogen) atoms. The maximum absolute atomic E-state index is 12.1. The van der Waals surface area contributed by atoms with Gasteiger partial charge in [-0.1, -0.05) is 13.0 Å². The van der Waals surface area contributed by atoms with E-state index in [9.17, 15) is 9.59 Å². The molecule has 1 aliphatic heterocycles. The molecule has 1 amide bonds. The fraction of sp³-hybridized carbons (Fsp3) is 0.364. The molecule has 2 N–H and O–H groups in total. The number of Topliss-reactive ketones (excluding diaryl/α,β-unsaturated/α-hetero) is 1. The van der Waals surface area contributed by atoms with Crippen LogP contribution in [0.3, 0.4) is 0 Å². The number of hydrogen-bond acceptors (Lipinski definition) is 5. The third kappa shape index (κ3) is 3.81. The maximum atomic E-state index is 12.1. The molecule has 1 fully saturated rings. The van der Waals surface area contributed by atoms with E-state index in [0.717, 1.165) is 46.9 Å². The van der Waals surface area contributed by atoms with Crippen molar-refractivity contribution in [2.75, 3.05) is 5.32 Å². The number of amides is 1. The minimum Gasteiger partial charge on any atom is -0.378 e. The Hall–Kier alpha value is -3.02. The van der Waals surface area contributed by atoms with Gasteiger partial charge in [-0.05, 0) is 43.9 Å². The zero-order valence-electron chi connectivity index (χ0n) is 16.2. The molecular weight excluding hydrogens is 352 g/mol. The average Bonchev–Trinajstić information content (AvgIpc) is 3.53. The van der Waals surface area contributed by atoms with Crippen LogP contribution in [0.15, 0.2) is 42.4 Å². The van der Waals surface area contributed by atoms with Gasteiger partial charge in [0.2, 0.25) is 5.91 Å². The van der Waals surface area contributed by atoms with E-state index in [4.69, 9.17) is 0 Å². The lowest BCUT2D eigenvalue weighted by molar-refractivity contribution is -0.120. The van der Waals surface area contributed by atoms with Crippen molar-refractivity contribution < 1.29 is 9.59 Å². The molecule has 1 atom stereocenters. The van der Waals surface area contributed by atoms with Crippen molar-refractivity contribution in [2.24, 2.45) is 5.92 Å². The molecule has 6 heteroatoms. The number of dihydropyridines is 1. The molecule has 144 valence electrons. The summed E-state index contributed by atoms with van der Waals surface area (Å²) in [4.78, 5) is 33.0. The summed E-state index contributed by atoms with van der Waals surface area (Å²) >= 11 is 0. The Bertz CT molecular complexity index is 1000. The zero-order chi connectivity index (χ0) is 19.7. The van der Waals surface area contributed by atoms with Crippen molar-refractivity contribution in [3.05, 3.63) is 48.1 Å². The lowest BCUT2D eigenvalue weighted by Gasteiger charge is -2.21. The standard InChI is InChI=1S/C22H24N4O2/c1-3-4-20(27)19-7-13(2)17(12-24-19)18-8-15-11-25-21(9-16(15)10-23-18)26-22(28)14-5-6-14/h7-12,14,19,24H,3-6H2,1-2H3,(H,25,26,28). The van der Waals surface area contributed by atoms with Gasteiger partial charge in [0, 0.05) is 47.3 Å². The molecule has 0 aromatic carbocycles. The monoisotopic (exact) mass is 376 g/mol. The van der Waals surface area contributed by atoms with Gasteiger partial charge in [-0.2, -0.15) is 0 Å². The number of nitrogens with zero attached hydrogens (tertiary/aromatic N) is 2. The molecule has 2 aliphatic rings. The van der Waals surface area contributed by atoms with Crippen molar-refractivity contribution in [1.29, 1.82) is 0 Å². The van der Waals surface area contributed by atoms with E-state index in [2.05, 4.69) is 20.6 Å². The molecule has 0 saturated heterocycles. The van der Waals surface area contributed by atoms with Gasteiger partial charge in [0.1, 0.15) is 11.9 Å². The summed E-state index contributed by atoms with van der Waals surface area (Å²) in [5, 5.41) is 7.93. The summed E-state index contributed by atoms with van der Waals surface area (Å²) in [5.74, 6) is 0.953. The second-order valence-corrected chi connectivity index (χ2v) is 7.52. The molecule has 0 bridgehead atoms. The van der Waals surface area contributed by atoms with E-state index in [0.29, 0.717) is 12.2 Å². The van der Waals surface area contributed by atoms with Crippen molar-refractivity contribution in [3.63, 3.8) is 0 Å². The number of nitrogens with one attached hydrogen (secondary N) is 2. The number of ketones is 1. The fourth-order valence-electron chi connectivity index (χ4n) is 3.37. The number of carbonyl (C=O) groups is 2. The van der Waals surface area contributed by atoms with Crippen LogP contribution < -0.4 is 10.6 Å². The summed E-state index contributed by atoms with van der Waals surface area (Å²) in [7, 11) is 0. The van der Waals surface area contributed by atoms with Crippen molar-refractivity contribution in [1.82, 2.24) is 15.3 Å². The summed E-state index contributed by atoms with van der Waals surface area (Å²) in [6, 6.07) is 3.57. The SMILES string of the molecule is CCCC(=O)C1C=C(C)C(c2cc3cnc(NC(=O)C4CC4)cc3cn2)=CN1. The molecule has 1 aliphatic carbocycles. The van der Waals surface area contributed by atoms with E-state index >= 15 is 0 Å². The highest BCUT2D eigenvalue weighted by Gasteiger charge is 2.29. The minimum absolute atomic E-state index is 0.0443. The lowest BCUT2D eigenvalue weighted by atomic mass is 9.96. The minimum atomic E-state index is -0.261. The summed E-state index contributed by atoms with van der Waals surface area (Å²) in [5.41, 5.74) is 2.82. The van der Waals surface area contributed by atoms with Crippen LogP contribution in [0.4, 0.5) is 5.82 Å². The van der Waals surface area contributed by atoms with Gasteiger partial charge in [0.25, 0.3) is 0 Å². The Balaban J connectivity index is 1.54. The number of hydrogen-bond donors (Lipinski definition) is 2.